The molecule has 0 aliphatic heterocycles. The van der Waals surface area contributed by atoms with E-state index in [0.29, 0.717) is 5.92 Å². The van der Waals surface area contributed by atoms with Gasteiger partial charge in [0.2, 0.25) is 0 Å². The fourth-order valence-electron chi connectivity index (χ4n) is 10.3. The average Bonchev–Trinajstić information content (AvgIpc) is 3.55. The van der Waals surface area contributed by atoms with Crippen molar-refractivity contribution in [2.45, 2.75) is 58.3 Å². The van der Waals surface area contributed by atoms with Crippen LogP contribution in [0, 0.1) is 0 Å². The van der Waals surface area contributed by atoms with E-state index in [2.05, 4.69) is 192 Å². The molecule has 0 spiro atoms. The number of benzene rings is 9. The summed E-state index contributed by atoms with van der Waals surface area (Å²) < 4.78 is 0. The summed E-state index contributed by atoms with van der Waals surface area (Å²) >= 11 is 0. The fourth-order valence-corrected chi connectivity index (χ4v) is 10.3. The zero-order chi connectivity index (χ0) is 36.7. The van der Waals surface area contributed by atoms with Crippen LogP contribution in [-0.4, -0.2) is 0 Å². The van der Waals surface area contributed by atoms with Gasteiger partial charge in [0.25, 0.3) is 0 Å². The first-order valence-electron chi connectivity index (χ1n) is 19.5. The van der Waals surface area contributed by atoms with Gasteiger partial charge in [0.1, 0.15) is 0 Å². The van der Waals surface area contributed by atoms with Crippen LogP contribution in [-0.2, 0) is 10.8 Å². The van der Waals surface area contributed by atoms with Gasteiger partial charge in [0, 0.05) is 27.9 Å². The molecule has 11 rings (SSSR count). The summed E-state index contributed by atoms with van der Waals surface area (Å²) in [6, 6.07) is 55.8. The maximum atomic E-state index is 2.53. The summed E-state index contributed by atoms with van der Waals surface area (Å²) in [6.45, 7) is 14.1. The summed E-state index contributed by atoms with van der Waals surface area (Å²) in [6.07, 6.45) is 0. The van der Waals surface area contributed by atoms with Crippen molar-refractivity contribution in [3.05, 3.63) is 173 Å². The molecular weight excluding hydrogens is 651 g/mol. The van der Waals surface area contributed by atoms with E-state index in [1.807, 2.05) is 0 Å². The smallest absolute Gasteiger partial charge is 0.0474 e. The van der Waals surface area contributed by atoms with Crippen LogP contribution in [0.15, 0.2) is 146 Å². The SMILES string of the molecule is CC(C)c1cc2cccc3c4cc(N(c5ccc6c(c5)C(C)(C)c5ccccc5-6)c5ccc6c(c5)C(C)(C)c5ccccc5-6)cc5cccc(c(c1)c23)c54. The first-order valence-corrected chi connectivity index (χ1v) is 19.5. The third-order valence-corrected chi connectivity index (χ3v) is 13.1. The normalized spacial score (nSPS) is 14.9. The van der Waals surface area contributed by atoms with Crippen LogP contribution in [0.25, 0.3) is 65.3 Å². The van der Waals surface area contributed by atoms with E-state index >= 15 is 0 Å². The quantitative estimate of drug-likeness (QED) is 0.131. The Labute approximate surface area is 317 Å². The van der Waals surface area contributed by atoms with E-state index in [-0.39, 0.29) is 10.8 Å². The van der Waals surface area contributed by atoms with Gasteiger partial charge in [-0.1, -0.05) is 151 Å². The molecule has 0 radical (unpaired) electrons. The molecule has 9 aromatic rings. The maximum absolute atomic E-state index is 2.53. The largest absolute Gasteiger partial charge is 0.310 e. The van der Waals surface area contributed by atoms with Gasteiger partial charge in [-0.3, -0.25) is 0 Å². The average molecular weight is 694 g/mol. The minimum absolute atomic E-state index is 0.104. The second kappa shape index (κ2) is 10.8. The van der Waals surface area contributed by atoms with Crippen LogP contribution in [0.3, 0.4) is 0 Å². The van der Waals surface area contributed by atoms with Gasteiger partial charge >= 0.3 is 0 Å². The fraction of sp³-hybridized carbons (Fsp3) is 0.170. The van der Waals surface area contributed by atoms with Gasteiger partial charge in [-0.25, -0.2) is 0 Å². The molecule has 0 bridgehead atoms. The number of fused-ring (bicyclic) bond motifs is 8. The van der Waals surface area contributed by atoms with Crippen molar-refractivity contribution < 1.29 is 0 Å². The number of nitrogens with zero attached hydrogens (tertiary/aromatic N) is 1. The Morgan fingerprint density at radius 2 is 0.870 bits per heavy atom. The Kier molecular flexibility index (Phi) is 6.34. The molecule has 0 heterocycles. The number of hydrogen-bond donors (Lipinski definition) is 0. The van der Waals surface area contributed by atoms with Gasteiger partial charge < -0.3 is 4.90 Å². The summed E-state index contributed by atoms with van der Waals surface area (Å²) in [4.78, 5) is 2.53. The van der Waals surface area contributed by atoms with Crippen molar-refractivity contribution in [2.75, 3.05) is 4.90 Å². The highest BCUT2D eigenvalue weighted by atomic mass is 15.1. The Balaban J connectivity index is 1.20. The molecule has 0 saturated carbocycles. The highest BCUT2D eigenvalue weighted by Crippen LogP contribution is 2.54. The molecule has 0 N–H and O–H groups in total. The maximum Gasteiger partial charge on any atom is 0.0474 e. The third kappa shape index (κ3) is 4.16. The molecule has 1 nitrogen and oxygen atoms in total. The molecule has 2 aliphatic rings. The van der Waals surface area contributed by atoms with E-state index in [4.69, 9.17) is 0 Å². The van der Waals surface area contributed by atoms with Crippen molar-refractivity contribution in [2.24, 2.45) is 0 Å². The highest BCUT2D eigenvalue weighted by molar-refractivity contribution is 6.33. The molecule has 0 fully saturated rings. The van der Waals surface area contributed by atoms with Gasteiger partial charge in [-0.2, -0.15) is 0 Å². The first kappa shape index (κ1) is 31.6. The van der Waals surface area contributed by atoms with Gasteiger partial charge in [-0.15, -0.1) is 0 Å². The molecule has 9 aromatic carbocycles. The zero-order valence-corrected chi connectivity index (χ0v) is 31.9. The van der Waals surface area contributed by atoms with Gasteiger partial charge in [0.05, 0.1) is 0 Å². The molecule has 260 valence electrons. The molecule has 2 aliphatic carbocycles. The minimum Gasteiger partial charge on any atom is -0.310 e. The van der Waals surface area contributed by atoms with E-state index in [1.165, 1.54) is 110 Å². The van der Waals surface area contributed by atoms with Crippen molar-refractivity contribution >= 4 is 60.2 Å². The van der Waals surface area contributed by atoms with Crippen LogP contribution >= 0.6 is 0 Å². The first-order chi connectivity index (χ1) is 26.1. The number of anilines is 3. The molecular formula is C53H43N. The molecule has 0 amide bonds. The molecule has 54 heavy (non-hydrogen) atoms. The lowest BCUT2D eigenvalue weighted by molar-refractivity contribution is 0.660. The Bertz CT molecular complexity index is 2920. The van der Waals surface area contributed by atoms with Gasteiger partial charge in [-0.05, 0) is 135 Å². The van der Waals surface area contributed by atoms with Crippen LogP contribution in [0.4, 0.5) is 17.1 Å². The molecule has 0 unspecified atom stereocenters. The van der Waals surface area contributed by atoms with E-state index < -0.39 is 0 Å². The van der Waals surface area contributed by atoms with E-state index in [0.717, 1.165) is 0 Å². The van der Waals surface area contributed by atoms with Crippen LogP contribution in [0.2, 0.25) is 0 Å². The second-order valence-corrected chi connectivity index (χ2v) is 17.2. The van der Waals surface area contributed by atoms with Crippen LogP contribution in [0.5, 0.6) is 0 Å². The van der Waals surface area contributed by atoms with E-state index in [1.54, 1.807) is 0 Å². The highest BCUT2D eigenvalue weighted by Gasteiger charge is 2.37. The topological polar surface area (TPSA) is 3.24 Å². The second-order valence-electron chi connectivity index (χ2n) is 17.2. The Morgan fingerprint density at radius 1 is 0.389 bits per heavy atom. The number of hydrogen-bond acceptors (Lipinski definition) is 1. The summed E-state index contributed by atoms with van der Waals surface area (Å²) in [5.74, 6) is 0.459. The summed E-state index contributed by atoms with van der Waals surface area (Å²) in [7, 11) is 0. The third-order valence-electron chi connectivity index (χ3n) is 13.1. The monoisotopic (exact) mass is 693 g/mol. The molecule has 0 atom stereocenters. The van der Waals surface area contributed by atoms with Crippen molar-refractivity contribution in [3.8, 4) is 22.3 Å². The number of rotatable bonds is 4. The lowest BCUT2D eigenvalue weighted by atomic mass is 9.82. The van der Waals surface area contributed by atoms with Crippen molar-refractivity contribution in [3.63, 3.8) is 0 Å². The standard InChI is InChI=1S/C53H43N/c1-31(2)34-25-32-13-11-18-43-45-28-37(26-33-14-12-17-42(51(33)45)44(27-34)50(32)43)54(35-21-23-40-38-15-7-9-19-46(38)52(3,4)48(40)29-35)36-22-24-41-39-16-8-10-20-47(39)53(5,6)49(41)30-36/h7-31H,1-6H3. The lowest BCUT2D eigenvalue weighted by Gasteiger charge is -2.30. The predicted molar refractivity (Wildman–Crippen MR) is 232 cm³/mol. The predicted octanol–water partition coefficient (Wildman–Crippen LogP) is 14.9. The molecule has 0 aromatic heterocycles. The lowest BCUT2D eigenvalue weighted by Crippen LogP contribution is -2.18. The van der Waals surface area contributed by atoms with E-state index in [9.17, 15) is 0 Å². The summed E-state index contributed by atoms with van der Waals surface area (Å²) in [5, 5.41) is 10.6. The Hall–Kier alpha value is -5.92. The molecule has 1 heteroatoms. The zero-order valence-electron chi connectivity index (χ0n) is 31.9. The van der Waals surface area contributed by atoms with Gasteiger partial charge in [0.15, 0.2) is 0 Å². The Morgan fingerprint density at radius 3 is 1.41 bits per heavy atom. The minimum atomic E-state index is -0.104. The van der Waals surface area contributed by atoms with Crippen molar-refractivity contribution in [1.29, 1.82) is 0 Å². The molecule has 0 saturated heterocycles. The van der Waals surface area contributed by atoms with Crippen LogP contribution in [0.1, 0.15) is 75.3 Å². The van der Waals surface area contributed by atoms with Crippen molar-refractivity contribution in [1.82, 2.24) is 0 Å². The van der Waals surface area contributed by atoms with Crippen LogP contribution < -0.4 is 4.90 Å². The summed E-state index contributed by atoms with van der Waals surface area (Å²) in [5.41, 5.74) is 15.7.